The SMILES string of the molecule is N#CC1CN(C(=O)N2CCC[C@@H](C(=O)O)C2)CCO1. The van der Waals surface area contributed by atoms with Crippen molar-refractivity contribution in [3.05, 3.63) is 0 Å². The Labute approximate surface area is 111 Å². The van der Waals surface area contributed by atoms with Gasteiger partial charge in [0.15, 0.2) is 6.10 Å². The summed E-state index contributed by atoms with van der Waals surface area (Å²) in [6.07, 6.45) is 0.732. The number of carboxylic acid groups (broad SMARTS) is 1. The fourth-order valence-corrected chi connectivity index (χ4v) is 2.45. The largest absolute Gasteiger partial charge is 0.481 e. The van der Waals surface area contributed by atoms with Gasteiger partial charge in [0.2, 0.25) is 0 Å². The Bertz CT molecular complexity index is 406. The Balaban J connectivity index is 1.95. The lowest BCUT2D eigenvalue weighted by Crippen LogP contribution is -2.53. The van der Waals surface area contributed by atoms with Crippen molar-refractivity contribution in [1.29, 1.82) is 5.26 Å². The first kappa shape index (κ1) is 13.6. The van der Waals surface area contributed by atoms with Crippen LogP contribution in [0.25, 0.3) is 0 Å². The van der Waals surface area contributed by atoms with E-state index in [-0.39, 0.29) is 19.1 Å². The molecule has 2 saturated heterocycles. The first-order valence-electron chi connectivity index (χ1n) is 6.39. The third kappa shape index (κ3) is 3.15. The molecular formula is C12H17N3O4. The number of urea groups is 1. The Morgan fingerprint density at radius 1 is 1.26 bits per heavy atom. The summed E-state index contributed by atoms with van der Waals surface area (Å²) >= 11 is 0. The lowest BCUT2D eigenvalue weighted by atomic mass is 9.98. The van der Waals surface area contributed by atoms with Gasteiger partial charge in [0.25, 0.3) is 0 Å². The summed E-state index contributed by atoms with van der Waals surface area (Å²) in [4.78, 5) is 26.4. The molecule has 7 nitrogen and oxygen atoms in total. The standard InChI is InChI=1S/C12H17N3O4/c13-6-10-8-15(4-5-19-10)12(18)14-3-1-2-9(7-14)11(16)17/h9-10H,1-5,7-8H2,(H,16,17)/t9-,10?/m1/s1. The first-order valence-corrected chi connectivity index (χ1v) is 6.39. The molecule has 2 aliphatic rings. The van der Waals surface area contributed by atoms with E-state index in [0.717, 1.165) is 0 Å². The predicted octanol–water partition coefficient (Wildman–Crippen LogP) is 0.127. The molecule has 0 saturated carbocycles. The number of carbonyl (C=O) groups excluding carboxylic acids is 1. The molecule has 7 heteroatoms. The molecule has 0 spiro atoms. The lowest BCUT2D eigenvalue weighted by molar-refractivity contribution is -0.143. The van der Waals surface area contributed by atoms with Gasteiger partial charge < -0.3 is 19.6 Å². The summed E-state index contributed by atoms with van der Waals surface area (Å²) in [5, 5.41) is 17.8. The summed E-state index contributed by atoms with van der Waals surface area (Å²) in [6.45, 7) is 1.88. The smallest absolute Gasteiger partial charge is 0.320 e. The van der Waals surface area contributed by atoms with Crippen molar-refractivity contribution in [1.82, 2.24) is 9.80 Å². The number of carbonyl (C=O) groups is 2. The van der Waals surface area contributed by atoms with Crippen LogP contribution in [0.3, 0.4) is 0 Å². The van der Waals surface area contributed by atoms with Crippen LogP contribution >= 0.6 is 0 Å². The zero-order chi connectivity index (χ0) is 13.8. The number of ether oxygens (including phenoxy) is 1. The maximum atomic E-state index is 12.3. The second-order valence-corrected chi connectivity index (χ2v) is 4.84. The van der Waals surface area contributed by atoms with E-state index in [0.29, 0.717) is 32.5 Å². The third-order valence-corrected chi connectivity index (χ3v) is 3.52. The van der Waals surface area contributed by atoms with Crippen LogP contribution in [0.1, 0.15) is 12.8 Å². The van der Waals surface area contributed by atoms with E-state index in [1.165, 1.54) is 0 Å². The molecule has 0 radical (unpaired) electrons. The number of nitrogens with zero attached hydrogens (tertiary/aromatic N) is 3. The van der Waals surface area contributed by atoms with Crippen LogP contribution in [-0.2, 0) is 9.53 Å². The van der Waals surface area contributed by atoms with Crippen molar-refractivity contribution in [3.8, 4) is 6.07 Å². The lowest BCUT2D eigenvalue weighted by Gasteiger charge is -2.37. The topological polar surface area (TPSA) is 93.9 Å². The zero-order valence-corrected chi connectivity index (χ0v) is 10.6. The molecular weight excluding hydrogens is 250 g/mol. The van der Waals surface area contributed by atoms with E-state index < -0.39 is 18.0 Å². The average molecular weight is 267 g/mol. The van der Waals surface area contributed by atoms with Crippen molar-refractivity contribution in [2.24, 2.45) is 5.92 Å². The third-order valence-electron chi connectivity index (χ3n) is 3.52. The molecule has 104 valence electrons. The average Bonchev–Trinajstić information content (AvgIpc) is 2.46. The molecule has 0 bridgehead atoms. The van der Waals surface area contributed by atoms with Crippen LogP contribution < -0.4 is 0 Å². The molecule has 2 rings (SSSR count). The zero-order valence-electron chi connectivity index (χ0n) is 10.6. The summed E-state index contributed by atoms with van der Waals surface area (Å²) in [6, 6.07) is 1.80. The molecule has 0 aliphatic carbocycles. The highest BCUT2D eigenvalue weighted by atomic mass is 16.5. The second kappa shape index (κ2) is 5.89. The summed E-state index contributed by atoms with van der Waals surface area (Å²) in [7, 11) is 0. The van der Waals surface area contributed by atoms with Crippen LogP contribution in [-0.4, -0.2) is 65.8 Å². The molecule has 2 heterocycles. The molecule has 2 amide bonds. The monoisotopic (exact) mass is 267 g/mol. The van der Waals surface area contributed by atoms with Gasteiger partial charge in [-0.2, -0.15) is 5.26 Å². The van der Waals surface area contributed by atoms with Gasteiger partial charge in [0.1, 0.15) is 0 Å². The van der Waals surface area contributed by atoms with Gasteiger partial charge in [-0.3, -0.25) is 4.79 Å². The Morgan fingerprint density at radius 2 is 2.00 bits per heavy atom. The second-order valence-electron chi connectivity index (χ2n) is 4.84. The maximum Gasteiger partial charge on any atom is 0.320 e. The normalized spacial score (nSPS) is 27.7. The van der Waals surface area contributed by atoms with E-state index in [2.05, 4.69) is 0 Å². The summed E-state index contributed by atoms with van der Waals surface area (Å²) in [5.74, 6) is -1.33. The number of rotatable bonds is 1. The number of likely N-dealkylation sites (tertiary alicyclic amines) is 1. The quantitative estimate of drug-likeness (QED) is 0.728. The van der Waals surface area contributed by atoms with E-state index in [4.69, 9.17) is 15.1 Å². The number of carboxylic acids is 1. The highest BCUT2D eigenvalue weighted by Crippen LogP contribution is 2.19. The highest BCUT2D eigenvalue weighted by Gasteiger charge is 2.32. The van der Waals surface area contributed by atoms with Crippen molar-refractivity contribution in [2.45, 2.75) is 18.9 Å². The van der Waals surface area contributed by atoms with Crippen LogP contribution in [0.5, 0.6) is 0 Å². The van der Waals surface area contributed by atoms with Gasteiger partial charge in [-0.05, 0) is 12.8 Å². The molecule has 1 N–H and O–H groups in total. The van der Waals surface area contributed by atoms with Crippen LogP contribution in [0.2, 0.25) is 0 Å². The minimum atomic E-state index is -0.852. The number of piperidine rings is 1. The van der Waals surface area contributed by atoms with Crippen LogP contribution in [0, 0.1) is 17.2 Å². The van der Waals surface area contributed by atoms with E-state index in [9.17, 15) is 9.59 Å². The highest BCUT2D eigenvalue weighted by molar-refractivity contribution is 5.76. The molecule has 1 unspecified atom stereocenters. The van der Waals surface area contributed by atoms with E-state index in [1.807, 2.05) is 6.07 Å². The molecule has 0 aromatic rings. The summed E-state index contributed by atoms with van der Waals surface area (Å²) in [5.41, 5.74) is 0. The molecule has 0 aromatic carbocycles. The maximum absolute atomic E-state index is 12.3. The molecule has 0 aromatic heterocycles. The number of aliphatic carboxylic acids is 1. The minimum absolute atomic E-state index is 0.186. The molecule has 2 fully saturated rings. The van der Waals surface area contributed by atoms with Crippen LogP contribution in [0.15, 0.2) is 0 Å². The molecule has 2 aliphatic heterocycles. The van der Waals surface area contributed by atoms with Gasteiger partial charge in [0, 0.05) is 19.6 Å². The number of hydrogen-bond acceptors (Lipinski definition) is 4. The Hall–Kier alpha value is -1.81. The van der Waals surface area contributed by atoms with Gasteiger partial charge in [-0.25, -0.2) is 4.79 Å². The molecule has 19 heavy (non-hydrogen) atoms. The van der Waals surface area contributed by atoms with E-state index >= 15 is 0 Å². The van der Waals surface area contributed by atoms with Crippen molar-refractivity contribution in [3.63, 3.8) is 0 Å². The summed E-state index contributed by atoms with van der Waals surface area (Å²) < 4.78 is 5.19. The van der Waals surface area contributed by atoms with Gasteiger partial charge in [0.05, 0.1) is 25.1 Å². The van der Waals surface area contributed by atoms with Crippen molar-refractivity contribution in [2.75, 3.05) is 32.8 Å². The number of hydrogen-bond donors (Lipinski definition) is 1. The molecule has 2 atom stereocenters. The number of nitriles is 1. The Morgan fingerprint density at radius 3 is 2.68 bits per heavy atom. The van der Waals surface area contributed by atoms with Crippen molar-refractivity contribution < 1.29 is 19.4 Å². The van der Waals surface area contributed by atoms with Crippen LogP contribution in [0.4, 0.5) is 4.79 Å². The van der Waals surface area contributed by atoms with Crippen molar-refractivity contribution >= 4 is 12.0 Å². The van der Waals surface area contributed by atoms with Gasteiger partial charge >= 0.3 is 12.0 Å². The fourth-order valence-electron chi connectivity index (χ4n) is 2.45. The number of morpholine rings is 1. The Kier molecular flexibility index (Phi) is 4.22. The predicted molar refractivity (Wildman–Crippen MR) is 64.3 cm³/mol. The van der Waals surface area contributed by atoms with Gasteiger partial charge in [-0.15, -0.1) is 0 Å². The van der Waals surface area contributed by atoms with E-state index in [1.54, 1.807) is 9.80 Å². The number of amides is 2. The van der Waals surface area contributed by atoms with Gasteiger partial charge in [-0.1, -0.05) is 0 Å². The fraction of sp³-hybridized carbons (Fsp3) is 0.750. The first-order chi connectivity index (χ1) is 9.11. The minimum Gasteiger partial charge on any atom is -0.481 e.